The number of anilines is 1. The molecule has 0 saturated heterocycles. The highest BCUT2D eigenvalue weighted by Gasteiger charge is 2.22. The molecule has 1 aromatic rings. The van der Waals surface area contributed by atoms with Crippen LogP contribution in [0.15, 0.2) is 11.4 Å². The molecule has 0 aromatic carbocycles. The van der Waals surface area contributed by atoms with E-state index in [1.54, 1.807) is 11.3 Å². The first-order valence-electron chi connectivity index (χ1n) is 6.08. The quantitative estimate of drug-likeness (QED) is 0.489. The molecule has 18 heavy (non-hydrogen) atoms. The van der Waals surface area contributed by atoms with E-state index in [0.29, 0.717) is 25.8 Å². The fourth-order valence-corrected chi connectivity index (χ4v) is 3.07. The Bertz CT molecular complexity index is 444. The molecule has 2 heterocycles. The van der Waals surface area contributed by atoms with Crippen molar-refractivity contribution in [2.24, 2.45) is 5.84 Å². The van der Waals surface area contributed by atoms with Gasteiger partial charge in [0, 0.05) is 24.3 Å². The second kappa shape index (κ2) is 5.97. The Hall–Kier alpha value is -1.40. The summed E-state index contributed by atoms with van der Waals surface area (Å²) in [6, 6.07) is 1.99. The number of fused-ring (bicyclic) bond motifs is 1. The van der Waals surface area contributed by atoms with Gasteiger partial charge in [-0.2, -0.15) is 0 Å². The van der Waals surface area contributed by atoms with Crippen molar-refractivity contribution >= 4 is 28.8 Å². The third-order valence-corrected chi connectivity index (χ3v) is 4.02. The number of nitrogens with zero attached hydrogens (tertiary/aromatic N) is 1. The first-order valence-corrected chi connectivity index (χ1v) is 6.96. The Kier molecular flexibility index (Phi) is 4.33. The maximum Gasteiger partial charge on any atom is 0.233 e. The molecule has 0 radical (unpaired) electrons. The lowest BCUT2D eigenvalue weighted by atomic mass is 10.2. The summed E-state index contributed by atoms with van der Waals surface area (Å²) < 4.78 is 0. The summed E-state index contributed by atoms with van der Waals surface area (Å²) in [7, 11) is 0. The minimum absolute atomic E-state index is 0.153. The summed E-state index contributed by atoms with van der Waals surface area (Å²) in [4.78, 5) is 26.2. The number of hydrazine groups is 1. The van der Waals surface area contributed by atoms with Gasteiger partial charge in [-0.15, -0.1) is 11.3 Å². The minimum Gasteiger partial charge on any atom is -0.311 e. The van der Waals surface area contributed by atoms with Gasteiger partial charge in [-0.3, -0.25) is 15.0 Å². The van der Waals surface area contributed by atoms with E-state index in [-0.39, 0.29) is 11.8 Å². The maximum atomic E-state index is 12.0. The lowest BCUT2D eigenvalue weighted by molar-refractivity contribution is -0.122. The van der Waals surface area contributed by atoms with Gasteiger partial charge in [-0.05, 0) is 30.7 Å². The Labute approximate surface area is 110 Å². The van der Waals surface area contributed by atoms with Crippen molar-refractivity contribution < 1.29 is 9.59 Å². The van der Waals surface area contributed by atoms with Gasteiger partial charge < -0.3 is 4.90 Å². The molecule has 1 aliphatic heterocycles. The fourth-order valence-electron chi connectivity index (χ4n) is 2.15. The van der Waals surface area contributed by atoms with Crippen LogP contribution in [-0.4, -0.2) is 18.4 Å². The van der Waals surface area contributed by atoms with Crippen molar-refractivity contribution in [1.82, 2.24) is 5.43 Å². The van der Waals surface area contributed by atoms with Crippen LogP contribution in [0.3, 0.4) is 0 Å². The molecule has 5 nitrogen and oxygen atoms in total. The largest absolute Gasteiger partial charge is 0.311 e. The standard InChI is InChI=1S/C12H17N3O2S/c13-14-11(16)4-2-7-15-9-6-8-18-10(9)3-1-5-12(15)17/h6,8H,1-5,7,13H2,(H,14,16). The molecule has 2 rings (SSSR count). The van der Waals surface area contributed by atoms with E-state index in [1.807, 2.05) is 16.3 Å². The third kappa shape index (κ3) is 2.88. The number of carbonyl (C=O) groups excluding carboxylic acids is 2. The molecular formula is C12H17N3O2S. The summed E-state index contributed by atoms with van der Waals surface area (Å²) in [5.74, 6) is 4.99. The highest BCUT2D eigenvalue weighted by molar-refractivity contribution is 7.10. The lowest BCUT2D eigenvalue weighted by Gasteiger charge is -2.20. The molecule has 0 aliphatic carbocycles. The molecule has 0 fully saturated rings. The normalized spacial score (nSPS) is 15.2. The number of aryl methyl sites for hydroxylation is 1. The smallest absolute Gasteiger partial charge is 0.233 e. The van der Waals surface area contributed by atoms with E-state index >= 15 is 0 Å². The Morgan fingerprint density at radius 1 is 1.50 bits per heavy atom. The summed E-state index contributed by atoms with van der Waals surface area (Å²) >= 11 is 1.70. The summed E-state index contributed by atoms with van der Waals surface area (Å²) in [6.07, 6.45) is 3.44. The molecule has 98 valence electrons. The third-order valence-electron chi connectivity index (χ3n) is 3.05. The van der Waals surface area contributed by atoms with Crippen LogP contribution in [0.1, 0.15) is 30.6 Å². The molecule has 1 aliphatic rings. The van der Waals surface area contributed by atoms with E-state index in [9.17, 15) is 9.59 Å². The van der Waals surface area contributed by atoms with Gasteiger partial charge in [0.25, 0.3) is 0 Å². The highest BCUT2D eigenvalue weighted by Crippen LogP contribution is 2.31. The van der Waals surface area contributed by atoms with E-state index < -0.39 is 0 Å². The number of nitrogens with one attached hydrogen (secondary N) is 1. The predicted octanol–water partition coefficient (Wildman–Crippen LogP) is 1.19. The summed E-state index contributed by atoms with van der Waals surface area (Å²) in [5.41, 5.74) is 3.12. The van der Waals surface area contributed by atoms with Gasteiger partial charge >= 0.3 is 0 Å². The van der Waals surface area contributed by atoms with Crippen LogP contribution in [0.25, 0.3) is 0 Å². The van der Waals surface area contributed by atoms with Gasteiger partial charge in [0.05, 0.1) is 5.69 Å². The first-order chi connectivity index (χ1) is 8.72. The molecule has 0 unspecified atom stereocenters. The van der Waals surface area contributed by atoms with E-state index in [1.165, 1.54) is 4.88 Å². The maximum absolute atomic E-state index is 12.0. The van der Waals surface area contributed by atoms with Gasteiger partial charge in [-0.25, -0.2) is 5.84 Å². The second-order valence-corrected chi connectivity index (χ2v) is 5.30. The van der Waals surface area contributed by atoms with Gasteiger partial charge in [0.2, 0.25) is 11.8 Å². The zero-order chi connectivity index (χ0) is 13.0. The Morgan fingerprint density at radius 2 is 2.33 bits per heavy atom. The van der Waals surface area contributed by atoms with Crippen LogP contribution < -0.4 is 16.2 Å². The molecular weight excluding hydrogens is 250 g/mol. The van der Waals surface area contributed by atoms with Crippen molar-refractivity contribution in [1.29, 1.82) is 0 Å². The molecule has 1 aromatic heterocycles. The van der Waals surface area contributed by atoms with Crippen LogP contribution in [0, 0.1) is 0 Å². The van der Waals surface area contributed by atoms with Crippen molar-refractivity contribution in [3.05, 3.63) is 16.3 Å². The molecule has 0 spiro atoms. The van der Waals surface area contributed by atoms with Crippen molar-refractivity contribution in [3.8, 4) is 0 Å². The number of rotatable bonds is 4. The number of amides is 2. The van der Waals surface area contributed by atoms with Crippen LogP contribution in [-0.2, 0) is 16.0 Å². The molecule has 0 saturated carbocycles. The first kappa shape index (κ1) is 13.0. The number of hydrogen-bond acceptors (Lipinski definition) is 4. The van der Waals surface area contributed by atoms with E-state index in [4.69, 9.17) is 5.84 Å². The SMILES string of the molecule is NNC(=O)CCCN1C(=O)CCCc2sccc21. The molecule has 0 bridgehead atoms. The van der Waals surface area contributed by atoms with Crippen LogP contribution in [0.2, 0.25) is 0 Å². The number of carbonyl (C=O) groups is 2. The molecule has 2 amide bonds. The predicted molar refractivity (Wildman–Crippen MR) is 71.2 cm³/mol. The lowest BCUT2D eigenvalue weighted by Crippen LogP contribution is -2.33. The average molecular weight is 267 g/mol. The Morgan fingerprint density at radius 3 is 3.11 bits per heavy atom. The van der Waals surface area contributed by atoms with Gasteiger partial charge in [0.15, 0.2) is 0 Å². The zero-order valence-electron chi connectivity index (χ0n) is 10.1. The van der Waals surface area contributed by atoms with E-state index in [0.717, 1.165) is 18.5 Å². The molecule has 3 N–H and O–H groups in total. The average Bonchev–Trinajstić information content (AvgIpc) is 2.77. The van der Waals surface area contributed by atoms with Gasteiger partial charge in [-0.1, -0.05) is 0 Å². The van der Waals surface area contributed by atoms with Crippen molar-refractivity contribution in [2.45, 2.75) is 32.1 Å². The van der Waals surface area contributed by atoms with Crippen molar-refractivity contribution in [2.75, 3.05) is 11.4 Å². The van der Waals surface area contributed by atoms with Gasteiger partial charge in [0.1, 0.15) is 0 Å². The van der Waals surface area contributed by atoms with Crippen LogP contribution in [0.4, 0.5) is 5.69 Å². The zero-order valence-corrected chi connectivity index (χ0v) is 11.0. The Balaban J connectivity index is 2.01. The minimum atomic E-state index is -0.192. The van der Waals surface area contributed by atoms with Crippen molar-refractivity contribution in [3.63, 3.8) is 0 Å². The summed E-state index contributed by atoms with van der Waals surface area (Å²) in [6.45, 7) is 0.579. The number of nitrogens with two attached hydrogens (primary N) is 1. The molecule has 6 heteroatoms. The second-order valence-electron chi connectivity index (χ2n) is 4.30. The number of thiophene rings is 1. The van der Waals surface area contributed by atoms with E-state index in [2.05, 4.69) is 5.43 Å². The fraction of sp³-hybridized carbons (Fsp3) is 0.500. The van der Waals surface area contributed by atoms with Crippen LogP contribution >= 0.6 is 11.3 Å². The van der Waals surface area contributed by atoms with Crippen LogP contribution in [0.5, 0.6) is 0 Å². The molecule has 0 atom stereocenters. The summed E-state index contributed by atoms with van der Waals surface area (Å²) in [5, 5.41) is 2.02. The topological polar surface area (TPSA) is 75.4 Å². The highest BCUT2D eigenvalue weighted by atomic mass is 32.1. The monoisotopic (exact) mass is 267 g/mol. The number of hydrogen-bond donors (Lipinski definition) is 2.